The topological polar surface area (TPSA) is 74.5 Å². The maximum absolute atomic E-state index is 13.0. The van der Waals surface area contributed by atoms with Gasteiger partial charge in [-0.1, -0.05) is 12.1 Å². The highest BCUT2D eigenvalue weighted by molar-refractivity contribution is 6.02. The lowest BCUT2D eigenvalue weighted by Gasteiger charge is -2.13. The van der Waals surface area contributed by atoms with Gasteiger partial charge in [0, 0.05) is 31.2 Å². The summed E-state index contributed by atoms with van der Waals surface area (Å²) < 4.78 is 7.53. The van der Waals surface area contributed by atoms with E-state index in [4.69, 9.17) is 4.42 Å². The largest absolute Gasteiger partial charge is 0.454 e. The first kappa shape index (κ1) is 15.4. The number of pyridine rings is 1. The van der Waals surface area contributed by atoms with Gasteiger partial charge in [0.2, 0.25) is 0 Å². The lowest BCUT2D eigenvalue weighted by atomic mass is 10.1. The normalized spacial score (nSPS) is 11.4. The summed E-state index contributed by atoms with van der Waals surface area (Å²) in [5, 5.41) is 11.2. The van der Waals surface area contributed by atoms with E-state index in [1.54, 1.807) is 0 Å². The standard InChI is InChI=1S/C21H14N4O2/c1-24(2)13-8-7-12-9-14-19(27-18(12)10-13)15(11-22)21(26)25-17-6-4-3-5-16(17)23-20(14)25/h3-10H,1-2H3. The summed E-state index contributed by atoms with van der Waals surface area (Å²) in [7, 11) is 3.89. The molecule has 27 heavy (non-hydrogen) atoms. The number of fused-ring (bicyclic) bond motifs is 6. The molecule has 0 N–H and O–H groups in total. The Morgan fingerprint density at radius 2 is 1.96 bits per heavy atom. The van der Waals surface area contributed by atoms with E-state index in [0.717, 1.165) is 11.1 Å². The van der Waals surface area contributed by atoms with Crippen molar-refractivity contribution in [3.05, 3.63) is 64.4 Å². The Morgan fingerprint density at radius 1 is 1.15 bits per heavy atom. The minimum absolute atomic E-state index is 0.0159. The highest BCUT2D eigenvalue weighted by atomic mass is 16.3. The van der Waals surface area contributed by atoms with E-state index in [1.165, 1.54) is 4.40 Å². The van der Waals surface area contributed by atoms with Crippen molar-refractivity contribution in [2.24, 2.45) is 0 Å². The average molecular weight is 354 g/mol. The molecule has 5 aromatic rings. The van der Waals surface area contributed by atoms with Crippen LogP contribution in [0, 0.1) is 11.3 Å². The second-order valence-corrected chi connectivity index (χ2v) is 6.66. The van der Waals surface area contributed by atoms with E-state index in [9.17, 15) is 10.1 Å². The first-order valence-electron chi connectivity index (χ1n) is 8.46. The molecular weight excluding hydrogens is 340 g/mol. The Kier molecular flexibility index (Phi) is 3.04. The second-order valence-electron chi connectivity index (χ2n) is 6.66. The van der Waals surface area contributed by atoms with Gasteiger partial charge in [-0.3, -0.25) is 9.20 Å². The first-order chi connectivity index (χ1) is 13.1. The molecule has 0 aliphatic carbocycles. The van der Waals surface area contributed by atoms with Gasteiger partial charge in [-0.2, -0.15) is 5.26 Å². The fourth-order valence-electron chi connectivity index (χ4n) is 3.47. The summed E-state index contributed by atoms with van der Waals surface area (Å²) in [5.74, 6) is 0. The highest BCUT2D eigenvalue weighted by Gasteiger charge is 2.19. The molecule has 6 heteroatoms. The zero-order valence-corrected chi connectivity index (χ0v) is 14.7. The van der Waals surface area contributed by atoms with Crippen molar-refractivity contribution in [2.75, 3.05) is 19.0 Å². The van der Waals surface area contributed by atoms with Gasteiger partial charge in [-0.25, -0.2) is 4.98 Å². The molecule has 0 bridgehead atoms. The number of hydrogen-bond acceptors (Lipinski definition) is 5. The molecule has 0 amide bonds. The molecule has 0 saturated carbocycles. The zero-order valence-electron chi connectivity index (χ0n) is 14.7. The van der Waals surface area contributed by atoms with Crippen molar-refractivity contribution in [1.29, 1.82) is 5.26 Å². The van der Waals surface area contributed by atoms with E-state index in [-0.39, 0.29) is 11.1 Å². The zero-order chi connectivity index (χ0) is 18.7. The second kappa shape index (κ2) is 5.32. The van der Waals surface area contributed by atoms with E-state index in [2.05, 4.69) is 4.98 Å². The van der Waals surface area contributed by atoms with Crippen LogP contribution < -0.4 is 10.5 Å². The molecule has 0 fully saturated rings. The van der Waals surface area contributed by atoms with Gasteiger partial charge < -0.3 is 9.32 Å². The van der Waals surface area contributed by atoms with Crippen LogP contribution in [0.1, 0.15) is 5.56 Å². The van der Waals surface area contributed by atoms with Crippen LogP contribution in [0.25, 0.3) is 38.6 Å². The number of rotatable bonds is 1. The van der Waals surface area contributed by atoms with E-state index in [0.29, 0.717) is 27.6 Å². The van der Waals surface area contributed by atoms with Gasteiger partial charge in [0.1, 0.15) is 11.7 Å². The summed E-state index contributed by atoms with van der Waals surface area (Å²) in [4.78, 5) is 19.6. The van der Waals surface area contributed by atoms with Crippen LogP contribution in [-0.2, 0) is 0 Å². The molecule has 3 heterocycles. The molecule has 0 unspecified atom stereocenters. The number of anilines is 1. The number of nitrogens with zero attached hydrogens (tertiary/aromatic N) is 4. The Labute approximate surface area is 153 Å². The Balaban J connectivity index is 2.03. The van der Waals surface area contributed by atoms with Crippen LogP contribution in [0.5, 0.6) is 0 Å². The number of nitriles is 1. The number of aromatic nitrogens is 2. The molecule has 0 atom stereocenters. The van der Waals surface area contributed by atoms with Crippen molar-refractivity contribution in [1.82, 2.24) is 9.38 Å². The lowest BCUT2D eigenvalue weighted by molar-refractivity contribution is 0.658. The molecule has 130 valence electrons. The van der Waals surface area contributed by atoms with Crippen LogP contribution in [0.2, 0.25) is 0 Å². The highest BCUT2D eigenvalue weighted by Crippen LogP contribution is 2.30. The van der Waals surface area contributed by atoms with Crippen LogP contribution in [0.4, 0.5) is 5.69 Å². The fourth-order valence-corrected chi connectivity index (χ4v) is 3.47. The minimum atomic E-state index is -0.416. The van der Waals surface area contributed by atoms with Crippen LogP contribution in [0.15, 0.2) is 57.7 Å². The molecule has 6 nitrogen and oxygen atoms in total. The quantitative estimate of drug-likeness (QED) is 0.429. The fraction of sp³-hybridized carbons (Fsp3) is 0.0952. The van der Waals surface area contributed by atoms with E-state index in [1.807, 2.05) is 73.6 Å². The minimum Gasteiger partial charge on any atom is -0.454 e. The van der Waals surface area contributed by atoms with E-state index >= 15 is 0 Å². The van der Waals surface area contributed by atoms with E-state index < -0.39 is 5.56 Å². The summed E-state index contributed by atoms with van der Waals surface area (Å²) in [6.07, 6.45) is 0. The Bertz CT molecular complexity index is 1490. The summed E-state index contributed by atoms with van der Waals surface area (Å²) in [6, 6.07) is 17.2. The SMILES string of the molecule is CN(C)c1ccc2cc3c(oc2c1)c(C#N)c(=O)n1c2ccccc2nc31. The molecule has 2 aromatic carbocycles. The lowest BCUT2D eigenvalue weighted by Crippen LogP contribution is -2.16. The van der Waals surface area contributed by atoms with Crippen LogP contribution in [0.3, 0.4) is 0 Å². The number of hydrogen-bond donors (Lipinski definition) is 0. The van der Waals surface area contributed by atoms with Gasteiger partial charge in [-0.15, -0.1) is 0 Å². The summed E-state index contributed by atoms with van der Waals surface area (Å²) in [5.41, 5.74) is 3.31. The average Bonchev–Trinajstić information content (AvgIpc) is 3.07. The third kappa shape index (κ3) is 2.06. The van der Waals surface area contributed by atoms with Gasteiger partial charge in [0.25, 0.3) is 5.56 Å². The molecule has 3 aromatic heterocycles. The third-order valence-electron chi connectivity index (χ3n) is 4.83. The predicted molar refractivity (Wildman–Crippen MR) is 105 cm³/mol. The number of para-hydroxylation sites is 2. The third-order valence-corrected chi connectivity index (χ3v) is 4.83. The molecule has 5 rings (SSSR count). The first-order valence-corrected chi connectivity index (χ1v) is 8.46. The van der Waals surface area contributed by atoms with Crippen LogP contribution in [-0.4, -0.2) is 23.5 Å². The molecule has 0 spiro atoms. The molecule has 0 radical (unpaired) electrons. The molecule has 0 saturated heterocycles. The van der Waals surface area contributed by atoms with Gasteiger partial charge in [0.15, 0.2) is 16.8 Å². The van der Waals surface area contributed by atoms with Gasteiger partial charge >= 0.3 is 0 Å². The predicted octanol–water partition coefficient (Wildman–Crippen LogP) is 3.68. The molecular formula is C21H14N4O2. The van der Waals surface area contributed by atoms with Crippen molar-refractivity contribution >= 4 is 44.3 Å². The maximum atomic E-state index is 13.0. The maximum Gasteiger partial charge on any atom is 0.278 e. The summed E-state index contributed by atoms with van der Waals surface area (Å²) in [6.45, 7) is 0. The molecule has 0 aliphatic rings. The van der Waals surface area contributed by atoms with Crippen molar-refractivity contribution in [3.8, 4) is 6.07 Å². The smallest absolute Gasteiger partial charge is 0.278 e. The van der Waals surface area contributed by atoms with Crippen LogP contribution >= 0.6 is 0 Å². The van der Waals surface area contributed by atoms with Gasteiger partial charge in [0.05, 0.1) is 16.4 Å². The Hall–Kier alpha value is -3.85. The molecule has 0 aliphatic heterocycles. The number of imidazole rings is 1. The van der Waals surface area contributed by atoms with Gasteiger partial charge in [-0.05, 0) is 30.3 Å². The number of benzene rings is 2. The van der Waals surface area contributed by atoms with Crippen molar-refractivity contribution in [3.63, 3.8) is 0 Å². The van der Waals surface area contributed by atoms with Crippen molar-refractivity contribution < 1.29 is 4.42 Å². The van der Waals surface area contributed by atoms with Crippen molar-refractivity contribution in [2.45, 2.75) is 0 Å². The Morgan fingerprint density at radius 3 is 2.74 bits per heavy atom. The summed E-state index contributed by atoms with van der Waals surface area (Å²) >= 11 is 0. The monoisotopic (exact) mass is 354 g/mol.